The van der Waals surface area contributed by atoms with Crippen molar-refractivity contribution >= 4 is 5.91 Å². The molecule has 3 fully saturated rings. The van der Waals surface area contributed by atoms with Gasteiger partial charge in [-0.25, -0.2) is 0 Å². The minimum atomic E-state index is -1.98. The summed E-state index contributed by atoms with van der Waals surface area (Å²) in [6, 6.07) is -0.994. The number of hydrogen-bond acceptors (Lipinski definition) is 18. The van der Waals surface area contributed by atoms with Gasteiger partial charge in [-0.15, -0.1) is 0 Å². The molecule has 12 N–H and O–H groups in total. The Balaban J connectivity index is 1.42. The Morgan fingerprint density at radius 1 is 0.383 bits per heavy atom. The van der Waals surface area contributed by atoms with Crippen molar-refractivity contribution in [3.8, 4) is 0 Å². The fourth-order valence-corrected chi connectivity index (χ4v) is 12.5. The highest BCUT2D eigenvalue weighted by Crippen LogP contribution is 2.33. The van der Waals surface area contributed by atoms with Gasteiger partial charge in [0.05, 0.1) is 38.6 Å². The van der Waals surface area contributed by atoms with Crippen LogP contribution in [0, 0.1) is 0 Å². The number of carbonyl (C=O) groups is 1. The molecule has 1 amide bonds. The number of unbranched alkanes of at least 4 members (excludes halogenated alkanes) is 34. The number of ether oxygens (including phenoxy) is 6. The normalized spacial score (nSPS) is 27.7. The molecule has 19 heteroatoms. The molecular weight excluding hydrogens is 1200 g/mol. The first-order chi connectivity index (χ1) is 45.8. The molecule has 0 aromatic carbocycles. The Morgan fingerprint density at radius 2 is 0.713 bits per heavy atom. The second-order valence-electron chi connectivity index (χ2n) is 26.7. The van der Waals surface area contributed by atoms with E-state index < -0.39 is 124 Å². The Kier molecular flexibility index (Phi) is 51.3. The molecule has 0 aromatic heterocycles. The maximum absolute atomic E-state index is 13.4. The molecule has 3 heterocycles. The van der Waals surface area contributed by atoms with E-state index in [1.807, 2.05) is 6.08 Å². The average Bonchev–Trinajstić information content (AvgIpc) is 0.787. The van der Waals surface area contributed by atoms with Crippen molar-refractivity contribution in [1.82, 2.24) is 5.32 Å². The van der Waals surface area contributed by atoms with Crippen molar-refractivity contribution in [2.24, 2.45) is 0 Å². The third kappa shape index (κ3) is 37.1. The maximum atomic E-state index is 13.4. The molecule has 0 saturated carbocycles. The highest BCUT2D eigenvalue weighted by molar-refractivity contribution is 5.76. The quantitative estimate of drug-likeness (QED) is 0.0199. The highest BCUT2D eigenvalue weighted by Gasteiger charge is 2.53. The monoisotopic (exact) mass is 1340 g/mol. The van der Waals surface area contributed by atoms with Crippen LogP contribution in [0.15, 0.2) is 60.8 Å². The number of aliphatic hydroxyl groups excluding tert-OH is 11. The van der Waals surface area contributed by atoms with Crippen molar-refractivity contribution < 1.29 is 89.4 Å². The summed E-state index contributed by atoms with van der Waals surface area (Å²) >= 11 is 0. The van der Waals surface area contributed by atoms with Gasteiger partial charge >= 0.3 is 0 Å². The standard InChI is InChI=1S/C75H135NO18/c1-3-5-7-9-11-13-15-17-19-21-23-25-27-28-29-30-31-33-35-37-39-41-43-45-47-49-51-53-63(81)76-58(59(80)52-50-48-46-44-42-40-38-36-34-32-26-24-22-20-18-16-14-12-10-8-6-4-2)57-89-73-69(87)66(84)71(61(55-78)91-73)94-75-70(88)67(85)72(62(56-79)92-75)93-74-68(86)65(83)64(82)60(54-77)90-74/h15,17,21,23,27-28,42,44,50,52,58-62,64-75,77-80,82-88H,3-14,16,18-20,22,24-26,29-41,43,45-49,51,53-57H2,1-2H3,(H,76,81)/b17-15-,23-21-,28-27-,44-42+,52-50+. The van der Waals surface area contributed by atoms with Crippen LogP contribution in [-0.4, -0.2) is 193 Å². The molecule has 3 rings (SSSR count). The number of amides is 1. The summed E-state index contributed by atoms with van der Waals surface area (Å²) < 4.78 is 34.4. The smallest absolute Gasteiger partial charge is 0.220 e. The third-order valence-electron chi connectivity index (χ3n) is 18.5. The van der Waals surface area contributed by atoms with Gasteiger partial charge in [0.15, 0.2) is 18.9 Å². The minimum Gasteiger partial charge on any atom is -0.394 e. The van der Waals surface area contributed by atoms with E-state index >= 15 is 0 Å². The minimum absolute atomic E-state index is 0.232. The summed E-state index contributed by atoms with van der Waals surface area (Å²) in [5.41, 5.74) is 0. The van der Waals surface area contributed by atoms with E-state index in [0.29, 0.717) is 12.8 Å². The van der Waals surface area contributed by atoms with Gasteiger partial charge in [0.25, 0.3) is 0 Å². The predicted molar refractivity (Wildman–Crippen MR) is 369 cm³/mol. The fourth-order valence-electron chi connectivity index (χ4n) is 12.5. The molecule has 3 aliphatic rings. The van der Waals surface area contributed by atoms with Crippen LogP contribution in [0.1, 0.15) is 277 Å². The molecule has 0 aliphatic carbocycles. The lowest BCUT2D eigenvalue weighted by Gasteiger charge is -2.48. The molecule has 0 bridgehead atoms. The largest absolute Gasteiger partial charge is 0.394 e. The zero-order chi connectivity index (χ0) is 68.2. The summed E-state index contributed by atoms with van der Waals surface area (Å²) in [5, 5.41) is 121. The molecule has 0 radical (unpaired) electrons. The van der Waals surface area contributed by atoms with E-state index in [0.717, 1.165) is 57.8 Å². The molecule has 0 spiro atoms. The van der Waals surface area contributed by atoms with E-state index in [1.165, 1.54) is 186 Å². The first-order valence-electron chi connectivity index (χ1n) is 37.5. The summed E-state index contributed by atoms with van der Waals surface area (Å²) in [7, 11) is 0. The van der Waals surface area contributed by atoms with Crippen molar-refractivity contribution in [2.45, 2.75) is 381 Å². The second kappa shape index (κ2) is 56.3. The molecule has 548 valence electrons. The summed E-state index contributed by atoms with van der Waals surface area (Å²) in [5.74, 6) is -0.286. The van der Waals surface area contributed by atoms with E-state index in [9.17, 15) is 61.0 Å². The predicted octanol–water partition coefficient (Wildman–Crippen LogP) is 11.1. The molecular formula is C75H135NO18. The van der Waals surface area contributed by atoms with Crippen molar-refractivity contribution in [3.05, 3.63) is 60.8 Å². The summed E-state index contributed by atoms with van der Waals surface area (Å²) in [4.78, 5) is 13.4. The Hall–Kier alpha value is -2.51. The van der Waals surface area contributed by atoms with Gasteiger partial charge in [0, 0.05) is 6.42 Å². The SMILES string of the molecule is CCCCCCC/C=C\C/C=C\C/C=C\CCCCCCCCCCCCCCC(=O)NC(COC1OC(CO)C(OC2OC(CO)C(OC3OC(CO)C(O)C(O)C3O)C(O)C2O)C(O)C1O)C(O)/C=C/CC/C=C/CCCCCCCCCCCCCCCCCC. The van der Waals surface area contributed by atoms with Crippen LogP contribution in [0.25, 0.3) is 0 Å². The molecule has 3 saturated heterocycles. The van der Waals surface area contributed by atoms with Crippen LogP contribution in [-0.2, 0) is 33.2 Å². The number of allylic oxidation sites excluding steroid dienone is 9. The van der Waals surface area contributed by atoms with Gasteiger partial charge in [-0.1, -0.05) is 261 Å². The molecule has 94 heavy (non-hydrogen) atoms. The van der Waals surface area contributed by atoms with Crippen LogP contribution in [0.5, 0.6) is 0 Å². The third-order valence-corrected chi connectivity index (χ3v) is 18.5. The lowest BCUT2D eigenvalue weighted by molar-refractivity contribution is -0.379. The topological polar surface area (TPSA) is 307 Å². The number of nitrogens with one attached hydrogen (secondary N) is 1. The van der Waals surface area contributed by atoms with E-state index in [4.69, 9.17) is 28.4 Å². The number of hydrogen-bond donors (Lipinski definition) is 12. The van der Waals surface area contributed by atoms with Crippen LogP contribution in [0.2, 0.25) is 0 Å². The van der Waals surface area contributed by atoms with Crippen LogP contribution >= 0.6 is 0 Å². The maximum Gasteiger partial charge on any atom is 0.220 e. The average molecular weight is 1340 g/mol. The Labute approximate surface area is 566 Å². The van der Waals surface area contributed by atoms with Crippen molar-refractivity contribution in [3.63, 3.8) is 0 Å². The van der Waals surface area contributed by atoms with Gasteiger partial charge in [0.1, 0.15) is 73.2 Å². The van der Waals surface area contributed by atoms with Gasteiger partial charge in [0.2, 0.25) is 5.91 Å². The molecule has 3 aliphatic heterocycles. The molecule has 0 aromatic rings. The summed E-state index contributed by atoms with van der Waals surface area (Å²) in [6.45, 7) is 1.73. The lowest BCUT2D eigenvalue weighted by Crippen LogP contribution is -2.66. The molecule has 19 nitrogen and oxygen atoms in total. The number of carbonyl (C=O) groups excluding carboxylic acids is 1. The Morgan fingerprint density at radius 3 is 1.14 bits per heavy atom. The van der Waals surface area contributed by atoms with Crippen molar-refractivity contribution in [1.29, 1.82) is 0 Å². The molecule has 17 atom stereocenters. The van der Waals surface area contributed by atoms with Crippen LogP contribution in [0.4, 0.5) is 0 Å². The fraction of sp³-hybridized carbons (Fsp3) is 0.853. The number of rotatable bonds is 58. The zero-order valence-electron chi connectivity index (χ0n) is 58.2. The highest BCUT2D eigenvalue weighted by atomic mass is 16.8. The Bertz CT molecular complexity index is 1940. The van der Waals surface area contributed by atoms with Gasteiger partial charge in [-0.3, -0.25) is 4.79 Å². The van der Waals surface area contributed by atoms with E-state index in [-0.39, 0.29) is 18.9 Å². The summed E-state index contributed by atoms with van der Waals surface area (Å²) in [6.07, 6.45) is 43.4. The van der Waals surface area contributed by atoms with Gasteiger partial charge in [-0.2, -0.15) is 0 Å². The van der Waals surface area contributed by atoms with Gasteiger partial charge in [-0.05, 0) is 70.6 Å². The lowest BCUT2D eigenvalue weighted by atomic mass is 9.96. The van der Waals surface area contributed by atoms with Crippen molar-refractivity contribution in [2.75, 3.05) is 26.4 Å². The second-order valence-corrected chi connectivity index (χ2v) is 26.7. The van der Waals surface area contributed by atoms with Crippen LogP contribution < -0.4 is 5.32 Å². The van der Waals surface area contributed by atoms with E-state index in [1.54, 1.807) is 6.08 Å². The molecule has 17 unspecified atom stereocenters. The van der Waals surface area contributed by atoms with E-state index in [2.05, 4.69) is 67.8 Å². The first kappa shape index (κ1) is 85.7. The first-order valence-corrected chi connectivity index (χ1v) is 37.5. The zero-order valence-corrected chi connectivity index (χ0v) is 58.2. The van der Waals surface area contributed by atoms with Gasteiger partial charge < -0.3 is 89.9 Å². The van der Waals surface area contributed by atoms with Crippen LogP contribution in [0.3, 0.4) is 0 Å². The number of aliphatic hydroxyl groups is 11.